The van der Waals surface area contributed by atoms with Gasteiger partial charge >= 0.3 is 0 Å². The van der Waals surface area contributed by atoms with Gasteiger partial charge in [-0.15, -0.1) is 0 Å². The number of nitrogens with zero attached hydrogens (tertiary/aromatic N) is 2. The first-order valence-corrected chi connectivity index (χ1v) is 5.03. The highest BCUT2D eigenvalue weighted by molar-refractivity contribution is 5.92. The number of methoxy groups -OCH3 is 1. The maximum atomic E-state index is 5.74. The molecule has 0 unspecified atom stereocenters. The average Bonchev–Trinajstić information content (AvgIpc) is 2.16. The Balaban J connectivity index is 2.70. The summed E-state index contributed by atoms with van der Waals surface area (Å²) in [5.41, 5.74) is 6.33. The number of anilines is 1. The molecule has 0 saturated carbocycles. The Bertz CT molecular complexity index is 365. The minimum absolute atomic E-state index is 0.197. The van der Waals surface area contributed by atoms with Crippen LogP contribution < -0.4 is 15.8 Å². The molecule has 0 spiro atoms. The lowest BCUT2D eigenvalue weighted by molar-refractivity contribution is 0.398. The standard InChI is InChI=1S/C11H18N4O/c1-11(2,3)15-10(12)14-8-5-6-9(16-4)13-7-8/h5-7H,1-4H3,(H3,12,14,15). The SMILES string of the molecule is COc1ccc(NC(N)=NC(C)(C)C)cn1. The summed E-state index contributed by atoms with van der Waals surface area (Å²) < 4.78 is 4.95. The zero-order valence-electron chi connectivity index (χ0n) is 10.1. The number of hydrogen-bond acceptors (Lipinski definition) is 3. The fourth-order valence-electron chi connectivity index (χ4n) is 1.11. The van der Waals surface area contributed by atoms with E-state index in [9.17, 15) is 0 Å². The van der Waals surface area contributed by atoms with E-state index in [-0.39, 0.29) is 5.54 Å². The summed E-state index contributed by atoms with van der Waals surface area (Å²) in [5.74, 6) is 0.941. The van der Waals surface area contributed by atoms with Crippen molar-refractivity contribution in [3.8, 4) is 5.88 Å². The van der Waals surface area contributed by atoms with Crippen molar-refractivity contribution in [2.75, 3.05) is 12.4 Å². The molecule has 0 aromatic carbocycles. The number of ether oxygens (including phenoxy) is 1. The minimum atomic E-state index is -0.197. The predicted octanol–water partition coefficient (Wildman–Crippen LogP) is 1.62. The molecule has 0 amide bonds. The summed E-state index contributed by atoms with van der Waals surface area (Å²) in [4.78, 5) is 8.32. The van der Waals surface area contributed by atoms with Crippen molar-refractivity contribution in [2.24, 2.45) is 10.7 Å². The van der Waals surface area contributed by atoms with Crippen LogP contribution in [0.4, 0.5) is 5.69 Å². The monoisotopic (exact) mass is 222 g/mol. The van der Waals surface area contributed by atoms with Gasteiger partial charge < -0.3 is 15.8 Å². The molecule has 0 bridgehead atoms. The highest BCUT2D eigenvalue weighted by Gasteiger charge is 2.08. The quantitative estimate of drug-likeness (QED) is 0.589. The van der Waals surface area contributed by atoms with Crippen LogP contribution in [0.1, 0.15) is 20.8 Å². The highest BCUT2D eigenvalue weighted by Crippen LogP contribution is 2.11. The fourth-order valence-corrected chi connectivity index (χ4v) is 1.11. The summed E-state index contributed by atoms with van der Waals surface area (Å²) in [6.07, 6.45) is 1.64. The molecule has 3 N–H and O–H groups in total. The van der Waals surface area contributed by atoms with E-state index in [1.807, 2.05) is 26.8 Å². The molecule has 0 atom stereocenters. The van der Waals surface area contributed by atoms with Gasteiger partial charge in [0.25, 0.3) is 0 Å². The maximum absolute atomic E-state index is 5.74. The molecular formula is C11H18N4O. The van der Waals surface area contributed by atoms with Gasteiger partial charge in [-0.2, -0.15) is 0 Å². The first kappa shape index (κ1) is 12.3. The number of hydrogen-bond donors (Lipinski definition) is 2. The van der Waals surface area contributed by atoms with Crippen molar-refractivity contribution in [1.82, 2.24) is 4.98 Å². The highest BCUT2D eigenvalue weighted by atomic mass is 16.5. The van der Waals surface area contributed by atoms with Crippen LogP contribution >= 0.6 is 0 Å². The van der Waals surface area contributed by atoms with Crippen molar-refractivity contribution in [3.63, 3.8) is 0 Å². The Hall–Kier alpha value is -1.78. The third kappa shape index (κ3) is 4.16. The van der Waals surface area contributed by atoms with Crippen molar-refractivity contribution in [3.05, 3.63) is 18.3 Å². The lowest BCUT2D eigenvalue weighted by atomic mass is 10.1. The topological polar surface area (TPSA) is 72.5 Å². The molecule has 0 aliphatic heterocycles. The summed E-state index contributed by atoms with van der Waals surface area (Å²) in [6, 6.07) is 3.59. The van der Waals surface area contributed by atoms with Gasteiger partial charge in [0.15, 0.2) is 5.96 Å². The lowest BCUT2D eigenvalue weighted by Crippen LogP contribution is -2.27. The smallest absolute Gasteiger partial charge is 0.213 e. The van der Waals surface area contributed by atoms with Crippen LogP contribution in [0.5, 0.6) is 5.88 Å². The van der Waals surface area contributed by atoms with E-state index >= 15 is 0 Å². The van der Waals surface area contributed by atoms with E-state index in [1.54, 1.807) is 19.4 Å². The van der Waals surface area contributed by atoms with Gasteiger partial charge in [-0.25, -0.2) is 9.98 Å². The normalized spacial score (nSPS) is 12.4. The number of rotatable bonds is 2. The largest absolute Gasteiger partial charge is 0.481 e. The maximum Gasteiger partial charge on any atom is 0.213 e. The van der Waals surface area contributed by atoms with Gasteiger partial charge in [0.1, 0.15) is 0 Å². The fraction of sp³-hybridized carbons (Fsp3) is 0.455. The average molecular weight is 222 g/mol. The van der Waals surface area contributed by atoms with E-state index < -0.39 is 0 Å². The molecule has 16 heavy (non-hydrogen) atoms. The molecule has 0 radical (unpaired) electrons. The van der Waals surface area contributed by atoms with E-state index in [1.165, 1.54) is 0 Å². The summed E-state index contributed by atoms with van der Waals surface area (Å²) in [5, 5.41) is 2.96. The number of nitrogens with one attached hydrogen (secondary N) is 1. The molecule has 0 aliphatic carbocycles. The number of aliphatic imine (C=N–C) groups is 1. The zero-order valence-corrected chi connectivity index (χ0v) is 10.1. The molecule has 5 nitrogen and oxygen atoms in total. The summed E-state index contributed by atoms with van der Waals surface area (Å²) >= 11 is 0. The zero-order chi connectivity index (χ0) is 12.2. The molecule has 1 aromatic rings. The van der Waals surface area contributed by atoms with E-state index in [0.29, 0.717) is 11.8 Å². The molecule has 0 fully saturated rings. The van der Waals surface area contributed by atoms with Crippen LogP contribution in [0.25, 0.3) is 0 Å². The Kier molecular flexibility index (Phi) is 3.71. The van der Waals surface area contributed by atoms with Crippen molar-refractivity contribution in [2.45, 2.75) is 26.3 Å². The molecule has 1 heterocycles. The molecule has 1 aromatic heterocycles. The first-order chi connectivity index (χ1) is 7.40. The Morgan fingerprint density at radius 3 is 2.56 bits per heavy atom. The summed E-state index contributed by atoms with van der Waals surface area (Å²) in [6.45, 7) is 5.94. The third-order valence-electron chi connectivity index (χ3n) is 1.67. The second-order valence-electron chi connectivity index (χ2n) is 4.38. The van der Waals surface area contributed by atoms with Crippen LogP contribution in [0.15, 0.2) is 23.3 Å². The van der Waals surface area contributed by atoms with Crippen molar-refractivity contribution in [1.29, 1.82) is 0 Å². The molecule has 0 aliphatic rings. The van der Waals surface area contributed by atoms with Crippen LogP contribution in [0.3, 0.4) is 0 Å². The molecule has 5 heteroatoms. The molecular weight excluding hydrogens is 204 g/mol. The van der Waals surface area contributed by atoms with Gasteiger partial charge in [0.2, 0.25) is 5.88 Å². The first-order valence-electron chi connectivity index (χ1n) is 5.03. The van der Waals surface area contributed by atoms with Crippen LogP contribution in [0, 0.1) is 0 Å². The van der Waals surface area contributed by atoms with E-state index in [2.05, 4.69) is 15.3 Å². The van der Waals surface area contributed by atoms with Crippen molar-refractivity contribution < 1.29 is 4.74 Å². The van der Waals surface area contributed by atoms with E-state index in [4.69, 9.17) is 10.5 Å². The minimum Gasteiger partial charge on any atom is -0.481 e. The van der Waals surface area contributed by atoms with E-state index in [0.717, 1.165) is 5.69 Å². The third-order valence-corrected chi connectivity index (χ3v) is 1.67. The van der Waals surface area contributed by atoms with Crippen LogP contribution in [-0.2, 0) is 0 Å². The second kappa shape index (κ2) is 4.83. The Morgan fingerprint density at radius 2 is 2.12 bits per heavy atom. The number of pyridine rings is 1. The number of guanidine groups is 1. The van der Waals surface area contributed by atoms with Gasteiger partial charge in [-0.1, -0.05) is 0 Å². The second-order valence-corrected chi connectivity index (χ2v) is 4.38. The Labute approximate surface area is 95.7 Å². The van der Waals surface area contributed by atoms with Crippen LogP contribution in [0.2, 0.25) is 0 Å². The molecule has 1 rings (SSSR count). The van der Waals surface area contributed by atoms with Gasteiger partial charge in [-0.05, 0) is 26.8 Å². The number of aromatic nitrogens is 1. The van der Waals surface area contributed by atoms with Crippen molar-refractivity contribution >= 4 is 11.6 Å². The van der Waals surface area contributed by atoms with Gasteiger partial charge in [0, 0.05) is 6.07 Å². The number of nitrogens with two attached hydrogens (primary N) is 1. The molecule has 0 saturated heterocycles. The summed E-state index contributed by atoms with van der Waals surface area (Å²) in [7, 11) is 1.57. The molecule has 88 valence electrons. The lowest BCUT2D eigenvalue weighted by Gasteiger charge is -2.14. The van der Waals surface area contributed by atoms with Crippen LogP contribution in [-0.4, -0.2) is 23.6 Å². The predicted molar refractivity (Wildman–Crippen MR) is 65.8 cm³/mol. The van der Waals surface area contributed by atoms with Gasteiger partial charge in [-0.3, -0.25) is 0 Å². The van der Waals surface area contributed by atoms with Gasteiger partial charge in [0.05, 0.1) is 24.5 Å². The Morgan fingerprint density at radius 1 is 1.44 bits per heavy atom.